The summed E-state index contributed by atoms with van der Waals surface area (Å²) in [6.07, 6.45) is 2.95. The topological polar surface area (TPSA) is 110 Å². The molecule has 20 heavy (non-hydrogen) atoms. The molecule has 4 N–H and O–H groups in total. The Balaban J connectivity index is 1.90. The minimum Gasteiger partial charge on any atom is -0.396 e. The van der Waals surface area contributed by atoms with E-state index in [1.807, 2.05) is 0 Å². The summed E-state index contributed by atoms with van der Waals surface area (Å²) in [6, 6.07) is 4.00. The summed E-state index contributed by atoms with van der Waals surface area (Å²) in [6.45, 7) is 0. The SMILES string of the molecule is Nc1c(F)cccc1C(=O)Nc1ncc2[nH]cnc2n1. The molecule has 0 radical (unpaired) electrons. The van der Waals surface area contributed by atoms with Gasteiger partial charge in [0.2, 0.25) is 5.95 Å². The fourth-order valence-electron chi connectivity index (χ4n) is 1.70. The molecule has 3 aromatic rings. The van der Waals surface area contributed by atoms with Crippen LogP contribution in [-0.4, -0.2) is 25.8 Å². The van der Waals surface area contributed by atoms with Gasteiger partial charge in [0.05, 0.1) is 23.8 Å². The molecule has 0 aliphatic carbocycles. The standard InChI is InChI=1S/C12H9FN6O/c13-7-3-1-2-6(9(7)14)11(20)19-12-15-4-8-10(18-12)17-5-16-8/h1-5H,14H2,(H2,15,16,17,18,19,20). The number of carbonyl (C=O) groups excluding carboxylic acids is 1. The highest BCUT2D eigenvalue weighted by molar-refractivity contribution is 6.07. The smallest absolute Gasteiger partial charge is 0.260 e. The molecule has 0 aliphatic rings. The maximum atomic E-state index is 13.3. The van der Waals surface area contributed by atoms with Gasteiger partial charge in [-0.1, -0.05) is 6.07 Å². The van der Waals surface area contributed by atoms with Crippen molar-refractivity contribution < 1.29 is 9.18 Å². The van der Waals surface area contributed by atoms with Crippen LogP contribution in [0.5, 0.6) is 0 Å². The molecule has 8 heteroatoms. The highest BCUT2D eigenvalue weighted by atomic mass is 19.1. The lowest BCUT2D eigenvalue weighted by molar-refractivity contribution is 0.102. The second-order valence-corrected chi connectivity index (χ2v) is 3.99. The van der Waals surface area contributed by atoms with E-state index in [1.165, 1.54) is 30.7 Å². The number of aromatic nitrogens is 4. The van der Waals surface area contributed by atoms with Gasteiger partial charge in [-0.05, 0) is 12.1 Å². The van der Waals surface area contributed by atoms with Gasteiger partial charge < -0.3 is 10.7 Å². The highest BCUT2D eigenvalue weighted by Gasteiger charge is 2.14. The molecule has 1 aromatic carbocycles. The lowest BCUT2D eigenvalue weighted by Gasteiger charge is -2.06. The molecule has 0 bridgehead atoms. The number of aromatic amines is 1. The fraction of sp³-hybridized carbons (Fsp3) is 0. The van der Waals surface area contributed by atoms with Crippen LogP contribution in [0.4, 0.5) is 16.0 Å². The van der Waals surface area contributed by atoms with Crippen LogP contribution in [0, 0.1) is 5.82 Å². The number of imidazole rings is 1. The number of carbonyl (C=O) groups is 1. The van der Waals surface area contributed by atoms with Crippen molar-refractivity contribution in [2.45, 2.75) is 0 Å². The summed E-state index contributed by atoms with van der Waals surface area (Å²) in [4.78, 5) is 26.8. The summed E-state index contributed by atoms with van der Waals surface area (Å²) < 4.78 is 13.3. The average Bonchev–Trinajstić information content (AvgIpc) is 2.89. The van der Waals surface area contributed by atoms with Crippen LogP contribution >= 0.6 is 0 Å². The van der Waals surface area contributed by atoms with Gasteiger partial charge in [-0.25, -0.2) is 14.4 Å². The number of fused-ring (bicyclic) bond motifs is 1. The normalized spacial score (nSPS) is 10.7. The molecule has 0 saturated heterocycles. The van der Waals surface area contributed by atoms with Gasteiger partial charge in [0, 0.05) is 0 Å². The first-order chi connectivity index (χ1) is 9.65. The minimum absolute atomic E-state index is 0.0238. The highest BCUT2D eigenvalue weighted by Crippen LogP contribution is 2.17. The number of rotatable bonds is 2. The van der Waals surface area contributed by atoms with E-state index in [9.17, 15) is 9.18 Å². The van der Waals surface area contributed by atoms with E-state index in [1.54, 1.807) is 0 Å². The monoisotopic (exact) mass is 272 g/mol. The predicted octanol–water partition coefficient (Wildman–Crippen LogP) is 1.33. The zero-order chi connectivity index (χ0) is 14.1. The maximum Gasteiger partial charge on any atom is 0.260 e. The van der Waals surface area contributed by atoms with Crippen molar-refractivity contribution in [2.24, 2.45) is 0 Å². The van der Waals surface area contributed by atoms with Crippen molar-refractivity contribution in [2.75, 3.05) is 11.1 Å². The zero-order valence-corrected chi connectivity index (χ0v) is 10.1. The summed E-state index contributed by atoms with van der Waals surface area (Å²) >= 11 is 0. The number of nitrogen functional groups attached to an aromatic ring is 1. The number of hydrogen-bond acceptors (Lipinski definition) is 5. The molecule has 1 amide bonds. The number of para-hydroxylation sites is 1. The Morgan fingerprint density at radius 2 is 2.20 bits per heavy atom. The van der Waals surface area contributed by atoms with E-state index < -0.39 is 11.7 Å². The van der Waals surface area contributed by atoms with Crippen molar-refractivity contribution >= 4 is 28.7 Å². The number of nitrogens with two attached hydrogens (primary N) is 1. The molecule has 7 nitrogen and oxygen atoms in total. The van der Waals surface area contributed by atoms with Gasteiger partial charge in [-0.2, -0.15) is 4.98 Å². The van der Waals surface area contributed by atoms with Gasteiger partial charge in [-0.3, -0.25) is 10.1 Å². The van der Waals surface area contributed by atoms with Crippen LogP contribution in [0.15, 0.2) is 30.7 Å². The van der Waals surface area contributed by atoms with E-state index in [0.29, 0.717) is 11.2 Å². The first-order valence-corrected chi connectivity index (χ1v) is 5.66. The Kier molecular flexibility index (Phi) is 2.75. The largest absolute Gasteiger partial charge is 0.396 e. The van der Waals surface area contributed by atoms with Gasteiger partial charge in [-0.15, -0.1) is 0 Å². The minimum atomic E-state index is -0.652. The van der Waals surface area contributed by atoms with Crippen LogP contribution in [0.1, 0.15) is 10.4 Å². The maximum absolute atomic E-state index is 13.3. The molecule has 2 heterocycles. The third-order valence-corrected chi connectivity index (χ3v) is 2.70. The van der Waals surface area contributed by atoms with Crippen LogP contribution in [0.3, 0.4) is 0 Å². The Morgan fingerprint density at radius 1 is 1.35 bits per heavy atom. The quantitative estimate of drug-likeness (QED) is 0.609. The molecule has 0 spiro atoms. The molecule has 0 aliphatic heterocycles. The number of amides is 1. The number of hydrogen-bond donors (Lipinski definition) is 3. The van der Waals surface area contributed by atoms with Crippen LogP contribution in [0.2, 0.25) is 0 Å². The van der Waals surface area contributed by atoms with E-state index in [0.717, 1.165) is 0 Å². The predicted molar refractivity (Wildman–Crippen MR) is 70.4 cm³/mol. The van der Waals surface area contributed by atoms with Crippen LogP contribution < -0.4 is 11.1 Å². The van der Waals surface area contributed by atoms with Crippen LogP contribution in [0.25, 0.3) is 11.2 Å². The molecule has 2 aromatic heterocycles. The van der Waals surface area contributed by atoms with E-state index in [4.69, 9.17) is 5.73 Å². The van der Waals surface area contributed by atoms with Gasteiger partial charge in [0.15, 0.2) is 5.65 Å². The third-order valence-electron chi connectivity index (χ3n) is 2.70. The van der Waals surface area contributed by atoms with E-state index in [-0.39, 0.29) is 17.2 Å². The van der Waals surface area contributed by atoms with Gasteiger partial charge in [0.25, 0.3) is 5.91 Å². The number of halogens is 1. The lowest BCUT2D eigenvalue weighted by atomic mass is 10.1. The lowest BCUT2D eigenvalue weighted by Crippen LogP contribution is -2.16. The number of nitrogens with one attached hydrogen (secondary N) is 2. The van der Waals surface area contributed by atoms with E-state index >= 15 is 0 Å². The summed E-state index contributed by atoms with van der Waals surface area (Å²) in [5.41, 5.74) is 6.39. The second kappa shape index (κ2) is 4.57. The van der Waals surface area contributed by atoms with Gasteiger partial charge in [0.1, 0.15) is 11.3 Å². The van der Waals surface area contributed by atoms with Crippen molar-refractivity contribution in [3.05, 3.63) is 42.1 Å². The Morgan fingerprint density at radius 3 is 3.05 bits per heavy atom. The Hall–Kier alpha value is -3.03. The molecule has 0 unspecified atom stereocenters. The number of nitrogens with zero attached hydrogens (tertiary/aromatic N) is 3. The zero-order valence-electron chi connectivity index (χ0n) is 10.1. The van der Waals surface area contributed by atoms with E-state index in [2.05, 4.69) is 25.3 Å². The molecule has 0 atom stereocenters. The molecular weight excluding hydrogens is 263 g/mol. The molecule has 3 rings (SSSR count). The van der Waals surface area contributed by atoms with Crippen molar-refractivity contribution in [1.82, 2.24) is 19.9 Å². The molecule has 0 fully saturated rings. The Bertz CT molecular complexity index is 799. The second-order valence-electron chi connectivity index (χ2n) is 3.99. The molecule has 0 saturated carbocycles. The summed E-state index contributed by atoms with van der Waals surface area (Å²) in [5, 5.41) is 2.45. The fourth-order valence-corrected chi connectivity index (χ4v) is 1.70. The van der Waals surface area contributed by atoms with Crippen molar-refractivity contribution in [3.8, 4) is 0 Å². The Labute approximate surface area is 112 Å². The van der Waals surface area contributed by atoms with Crippen LogP contribution in [-0.2, 0) is 0 Å². The first kappa shape index (κ1) is 12.0. The van der Waals surface area contributed by atoms with Crippen molar-refractivity contribution in [1.29, 1.82) is 0 Å². The molecular formula is C12H9FN6O. The van der Waals surface area contributed by atoms with Crippen molar-refractivity contribution in [3.63, 3.8) is 0 Å². The average molecular weight is 272 g/mol. The summed E-state index contributed by atoms with van der Waals surface area (Å²) in [5.74, 6) is -1.17. The van der Waals surface area contributed by atoms with Gasteiger partial charge >= 0.3 is 0 Å². The number of anilines is 2. The number of benzene rings is 1. The molecule has 100 valence electrons. The third kappa shape index (κ3) is 2.03. The summed E-state index contributed by atoms with van der Waals surface area (Å²) in [7, 11) is 0. The first-order valence-electron chi connectivity index (χ1n) is 5.66. The number of H-pyrrole nitrogens is 1.